The fourth-order valence-electron chi connectivity index (χ4n) is 1.75. The fourth-order valence-corrected chi connectivity index (χ4v) is 1.91. The summed E-state index contributed by atoms with van der Waals surface area (Å²) in [5.74, 6) is 0.0251. The van der Waals surface area contributed by atoms with Crippen LogP contribution in [0.25, 0.3) is 0 Å². The molecule has 1 fully saturated rings. The van der Waals surface area contributed by atoms with Gasteiger partial charge < -0.3 is 9.64 Å². The zero-order valence-electron chi connectivity index (χ0n) is 9.63. The zero-order valence-corrected chi connectivity index (χ0v) is 10.4. The fraction of sp³-hybridized carbons (Fsp3) is 0.364. The van der Waals surface area contributed by atoms with Crippen LogP contribution in [0.15, 0.2) is 18.2 Å². The predicted octanol–water partition coefficient (Wildman–Crippen LogP) is 1.86. The monoisotopic (exact) mass is 270 g/mol. The number of benzene rings is 1. The van der Waals surface area contributed by atoms with Gasteiger partial charge in [0.25, 0.3) is 11.6 Å². The third-order valence-corrected chi connectivity index (χ3v) is 3.09. The van der Waals surface area contributed by atoms with Gasteiger partial charge in [-0.3, -0.25) is 14.9 Å². The van der Waals surface area contributed by atoms with Gasteiger partial charge in [0.15, 0.2) is 6.10 Å². The first kappa shape index (κ1) is 12.6. The van der Waals surface area contributed by atoms with Crippen molar-refractivity contribution in [1.29, 1.82) is 0 Å². The smallest absolute Gasteiger partial charge is 0.273 e. The number of likely N-dealkylation sites (tertiary alicyclic amines) is 1. The van der Waals surface area contributed by atoms with E-state index < -0.39 is 11.0 Å². The highest BCUT2D eigenvalue weighted by atomic mass is 35.5. The third kappa shape index (κ3) is 2.38. The minimum Gasteiger partial charge on any atom is -0.479 e. The van der Waals surface area contributed by atoms with E-state index in [0.29, 0.717) is 13.0 Å². The standard InChI is InChI=1S/C11H11ClN2O4/c1-13-5-4-9(11(13)15)18-10-6-7(14(16)17)2-3-8(10)12/h2-3,6,9H,4-5H2,1H3. The van der Waals surface area contributed by atoms with Crippen LogP contribution in [0.5, 0.6) is 5.75 Å². The molecule has 0 saturated carbocycles. The van der Waals surface area contributed by atoms with Crippen molar-refractivity contribution in [3.05, 3.63) is 33.3 Å². The van der Waals surface area contributed by atoms with Gasteiger partial charge in [0, 0.05) is 26.1 Å². The van der Waals surface area contributed by atoms with E-state index in [9.17, 15) is 14.9 Å². The van der Waals surface area contributed by atoms with Crippen molar-refractivity contribution >= 4 is 23.2 Å². The Labute approximate surface area is 108 Å². The zero-order chi connectivity index (χ0) is 13.3. The lowest BCUT2D eigenvalue weighted by Crippen LogP contribution is -2.29. The van der Waals surface area contributed by atoms with Crippen molar-refractivity contribution in [3.63, 3.8) is 0 Å². The number of carbonyl (C=O) groups excluding carboxylic acids is 1. The van der Waals surface area contributed by atoms with Crippen LogP contribution in [0.3, 0.4) is 0 Å². The number of nitrogens with zero attached hydrogens (tertiary/aromatic N) is 2. The number of carbonyl (C=O) groups is 1. The van der Waals surface area contributed by atoms with E-state index in [0.717, 1.165) is 0 Å². The van der Waals surface area contributed by atoms with Crippen LogP contribution in [0.2, 0.25) is 5.02 Å². The van der Waals surface area contributed by atoms with Crippen molar-refractivity contribution in [1.82, 2.24) is 4.90 Å². The minimum atomic E-state index is -0.616. The molecule has 1 saturated heterocycles. The molecule has 96 valence electrons. The Morgan fingerprint density at radius 1 is 1.56 bits per heavy atom. The average molecular weight is 271 g/mol. The summed E-state index contributed by atoms with van der Waals surface area (Å²) >= 11 is 5.89. The number of non-ortho nitro benzene ring substituents is 1. The maximum absolute atomic E-state index is 11.7. The molecule has 0 aliphatic carbocycles. The summed E-state index contributed by atoms with van der Waals surface area (Å²) in [5, 5.41) is 10.9. The summed E-state index contributed by atoms with van der Waals surface area (Å²) in [5.41, 5.74) is -0.117. The molecule has 1 heterocycles. The van der Waals surface area contributed by atoms with E-state index in [1.807, 2.05) is 0 Å². The Morgan fingerprint density at radius 3 is 2.83 bits per heavy atom. The first-order valence-corrected chi connectivity index (χ1v) is 5.72. The van der Waals surface area contributed by atoms with Gasteiger partial charge >= 0.3 is 0 Å². The Bertz CT molecular complexity index is 506. The molecule has 0 radical (unpaired) electrons. The van der Waals surface area contributed by atoms with Gasteiger partial charge in [-0.2, -0.15) is 0 Å². The lowest BCUT2D eigenvalue weighted by atomic mass is 10.2. The number of likely N-dealkylation sites (N-methyl/N-ethyl adjacent to an activating group) is 1. The van der Waals surface area contributed by atoms with E-state index in [1.165, 1.54) is 18.2 Å². The molecule has 1 aliphatic heterocycles. The summed E-state index contributed by atoms with van der Waals surface area (Å²) in [6.45, 7) is 0.607. The van der Waals surface area contributed by atoms with Gasteiger partial charge in [-0.05, 0) is 6.07 Å². The molecule has 1 amide bonds. The quantitative estimate of drug-likeness (QED) is 0.621. The number of hydrogen-bond acceptors (Lipinski definition) is 4. The maximum atomic E-state index is 11.7. The van der Waals surface area contributed by atoms with E-state index in [4.69, 9.17) is 16.3 Å². The number of rotatable bonds is 3. The van der Waals surface area contributed by atoms with Crippen LogP contribution in [-0.2, 0) is 4.79 Å². The lowest BCUT2D eigenvalue weighted by molar-refractivity contribution is -0.384. The highest BCUT2D eigenvalue weighted by Crippen LogP contribution is 2.31. The van der Waals surface area contributed by atoms with Crippen LogP contribution in [0.4, 0.5) is 5.69 Å². The lowest BCUT2D eigenvalue weighted by Gasteiger charge is -2.13. The summed E-state index contributed by atoms with van der Waals surface area (Å²) in [6.07, 6.45) is -0.0662. The molecule has 1 aliphatic rings. The van der Waals surface area contributed by atoms with E-state index in [2.05, 4.69) is 0 Å². The van der Waals surface area contributed by atoms with Crippen molar-refractivity contribution in [2.24, 2.45) is 0 Å². The average Bonchev–Trinajstić information content (AvgIpc) is 2.63. The first-order valence-electron chi connectivity index (χ1n) is 5.34. The topological polar surface area (TPSA) is 72.7 Å². The highest BCUT2D eigenvalue weighted by Gasteiger charge is 2.31. The molecular weight excluding hydrogens is 260 g/mol. The number of halogens is 1. The van der Waals surface area contributed by atoms with Crippen molar-refractivity contribution in [3.8, 4) is 5.75 Å². The first-order chi connectivity index (χ1) is 8.49. The summed E-state index contributed by atoms with van der Waals surface area (Å²) < 4.78 is 5.45. The largest absolute Gasteiger partial charge is 0.479 e. The van der Waals surface area contributed by atoms with Gasteiger partial charge in [0.05, 0.1) is 16.0 Å². The number of nitro groups is 1. The van der Waals surface area contributed by atoms with Crippen LogP contribution >= 0.6 is 11.6 Å². The van der Waals surface area contributed by atoms with Crippen LogP contribution in [0, 0.1) is 10.1 Å². The molecule has 0 bridgehead atoms. The molecular formula is C11H11ClN2O4. The molecule has 0 N–H and O–H groups in total. The second-order valence-electron chi connectivity index (χ2n) is 4.03. The number of hydrogen-bond donors (Lipinski definition) is 0. The molecule has 6 nitrogen and oxygen atoms in total. The van der Waals surface area contributed by atoms with Gasteiger partial charge in [-0.15, -0.1) is 0 Å². The third-order valence-electron chi connectivity index (χ3n) is 2.77. The molecule has 2 rings (SSSR count). The van der Waals surface area contributed by atoms with Crippen LogP contribution in [-0.4, -0.2) is 35.4 Å². The van der Waals surface area contributed by atoms with E-state index in [1.54, 1.807) is 11.9 Å². The molecule has 1 aromatic rings. The minimum absolute atomic E-state index is 0.117. The Balaban J connectivity index is 2.21. The molecule has 0 spiro atoms. The molecule has 1 aromatic carbocycles. The Hall–Kier alpha value is -1.82. The van der Waals surface area contributed by atoms with Crippen molar-refractivity contribution in [2.75, 3.05) is 13.6 Å². The van der Waals surface area contributed by atoms with Gasteiger partial charge in [-0.25, -0.2) is 0 Å². The Morgan fingerprint density at radius 2 is 2.28 bits per heavy atom. The van der Waals surface area contributed by atoms with Crippen molar-refractivity contribution < 1.29 is 14.5 Å². The second-order valence-corrected chi connectivity index (χ2v) is 4.43. The van der Waals surface area contributed by atoms with Gasteiger partial charge in [0.1, 0.15) is 5.75 Å². The highest BCUT2D eigenvalue weighted by molar-refractivity contribution is 6.32. The number of amides is 1. The number of ether oxygens (including phenoxy) is 1. The van der Waals surface area contributed by atoms with Crippen LogP contribution < -0.4 is 4.74 Å². The molecule has 7 heteroatoms. The van der Waals surface area contributed by atoms with Gasteiger partial charge in [0.2, 0.25) is 0 Å². The summed E-state index contributed by atoms with van der Waals surface area (Å²) in [6, 6.07) is 3.91. The molecule has 0 aromatic heterocycles. The number of nitro benzene ring substituents is 1. The second kappa shape index (κ2) is 4.81. The Kier molecular flexibility index (Phi) is 3.38. The van der Waals surface area contributed by atoms with Gasteiger partial charge in [-0.1, -0.05) is 11.6 Å². The molecule has 1 unspecified atom stereocenters. The van der Waals surface area contributed by atoms with E-state index >= 15 is 0 Å². The van der Waals surface area contributed by atoms with E-state index in [-0.39, 0.29) is 22.4 Å². The summed E-state index contributed by atoms with van der Waals surface area (Å²) in [7, 11) is 1.68. The van der Waals surface area contributed by atoms with Crippen LogP contribution in [0.1, 0.15) is 6.42 Å². The molecule has 18 heavy (non-hydrogen) atoms. The molecule has 1 atom stereocenters. The predicted molar refractivity (Wildman–Crippen MR) is 64.8 cm³/mol. The normalized spacial score (nSPS) is 19.1. The van der Waals surface area contributed by atoms with Crippen molar-refractivity contribution in [2.45, 2.75) is 12.5 Å². The maximum Gasteiger partial charge on any atom is 0.273 e. The summed E-state index contributed by atoms with van der Waals surface area (Å²) in [4.78, 5) is 23.3. The SMILES string of the molecule is CN1CCC(Oc2cc([N+](=O)[O-])ccc2Cl)C1=O.